The molecule has 2 atom stereocenters. The molecule has 8 heteroatoms. The Bertz CT molecular complexity index is 753. The maximum atomic E-state index is 13.0. The molecule has 8 nitrogen and oxygen atoms in total. The molecule has 186 valence electrons. The maximum absolute atomic E-state index is 13.0. The minimum absolute atomic E-state index is 0.0381. The molecule has 33 heavy (non-hydrogen) atoms. The van der Waals surface area contributed by atoms with E-state index in [1.807, 2.05) is 51.7 Å². The number of nitrogens with zero attached hydrogens (tertiary/aromatic N) is 3. The van der Waals surface area contributed by atoms with Crippen LogP contribution in [0.4, 0.5) is 9.59 Å². The highest BCUT2D eigenvalue weighted by Gasteiger charge is 2.31. The second kappa shape index (κ2) is 11.3. The number of amides is 3. The Morgan fingerprint density at radius 3 is 2.55 bits per heavy atom. The molecule has 0 aliphatic carbocycles. The summed E-state index contributed by atoms with van der Waals surface area (Å²) in [4.78, 5) is 31.8. The third-order valence-corrected chi connectivity index (χ3v) is 6.41. The van der Waals surface area contributed by atoms with Crippen LogP contribution in [-0.2, 0) is 4.74 Å². The zero-order chi connectivity index (χ0) is 24.0. The van der Waals surface area contributed by atoms with Crippen LogP contribution < -0.4 is 5.32 Å². The first-order valence-corrected chi connectivity index (χ1v) is 12.4. The van der Waals surface area contributed by atoms with Gasteiger partial charge in [0, 0.05) is 32.2 Å². The van der Waals surface area contributed by atoms with E-state index in [2.05, 4.69) is 10.2 Å². The Morgan fingerprint density at radius 1 is 1.21 bits per heavy atom. The van der Waals surface area contributed by atoms with E-state index in [1.54, 1.807) is 11.2 Å². The zero-order valence-corrected chi connectivity index (χ0v) is 21.0. The second-order valence-electron chi connectivity index (χ2n) is 10.6. The molecule has 1 aromatic rings. The highest BCUT2D eigenvalue weighted by atomic mass is 16.6. The van der Waals surface area contributed by atoms with Crippen molar-refractivity contribution in [3.63, 3.8) is 0 Å². The fourth-order valence-electron chi connectivity index (χ4n) is 4.73. The van der Waals surface area contributed by atoms with Gasteiger partial charge in [0.25, 0.3) is 0 Å². The van der Waals surface area contributed by atoms with E-state index in [0.717, 1.165) is 38.2 Å². The Morgan fingerprint density at radius 2 is 1.94 bits per heavy atom. The quantitative estimate of drug-likeness (QED) is 0.646. The molecular formula is C25H42N4O4. The van der Waals surface area contributed by atoms with Crippen molar-refractivity contribution in [1.82, 2.24) is 20.0 Å². The Hall–Kier alpha value is -2.22. The van der Waals surface area contributed by atoms with Crippen molar-refractivity contribution in [2.24, 2.45) is 5.92 Å². The van der Waals surface area contributed by atoms with Gasteiger partial charge in [-0.2, -0.15) is 0 Å². The minimum Gasteiger partial charge on any atom is -0.468 e. The van der Waals surface area contributed by atoms with Crippen molar-refractivity contribution < 1.29 is 18.7 Å². The number of hydrogen-bond acceptors (Lipinski definition) is 5. The van der Waals surface area contributed by atoms with Crippen molar-refractivity contribution in [1.29, 1.82) is 0 Å². The lowest BCUT2D eigenvalue weighted by molar-refractivity contribution is 0.0131. The molecule has 0 radical (unpaired) electrons. The van der Waals surface area contributed by atoms with E-state index in [9.17, 15) is 9.59 Å². The second-order valence-corrected chi connectivity index (χ2v) is 10.6. The number of hydrogen-bond donors (Lipinski definition) is 1. The van der Waals surface area contributed by atoms with Crippen LogP contribution in [0.5, 0.6) is 0 Å². The van der Waals surface area contributed by atoms with Crippen LogP contribution in [0.1, 0.15) is 72.1 Å². The van der Waals surface area contributed by atoms with Crippen LogP contribution in [0.15, 0.2) is 22.8 Å². The van der Waals surface area contributed by atoms with E-state index in [-0.39, 0.29) is 30.1 Å². The molecule has 3 heterocycles. The van der Waals surface area contributed by atoms with Gasteiger partial charge >= 0.3 is 12.1 Å². The minimum atomic E-state index is -0.525. The van der Waals surface area contributed by atoms with Crippen molar-refractivity contribution >= 4 is 12.1 Å². The van der Waals surface area contributed by atoms with Gasteiger partial charge in [0.2, 0.25) is 0 Å². The lowest BCUT2D eigenvalue weighted by Gasteiger charge is -2.37. The summed E-state index contributed by atoms with van der Waals surface area (Å²) in [5.41, 5.74) is -0.525. The Kier molecular flexibility index (Phi) is 8.68. The summed E-state index contributed by atoms with van der Waals surface area (Å²) in [6, 6.07) is 3.96. The van der Waals surface area contributed by atoms with Gasteiger partial charge in [-0.15, -0.1) is 0 Å². The van der Waals surface area contributed by atoms with Gasteiger partial charge in [-0.05, 0) is 91.4 Å². The van der Waals surface area contributed by atoms with Gasteiger partial charge in [0.15, 0.2) is 0 Å². The van der Waals surface area contributed by atoms with Gasteiger partial charge in [0.05, 0.1) is 12.3 Å². The van der Waals surface area contributed by atoms with E-state index in [1.165, 1.54) is 12.8 Å². The number of nitrogens with one attached hydrogen (secondary N) is 1. The molecule has 0 aromatic carbocycles. The average Bonchev–Trinajstić information content (AvgIpc) is 3.45. The van der Waals surface area contributed by atoms with Gasteiger partial charge < -0.3 is 24.3 Å². The number of furan rings is 1. The number of ether oxygens (including phenoxy) is 1. The van der Waals surface area contributed by atoms with E-state index in [0.29, 0.717) is 19.6 Å². The SMILES string of the molecule is CC(C)N(C[C@@H]1CCCN(C(=O)NC[C@@H](c2ccco2)N2CCCC2)C1)C(=O)OC(C)(C)C. The highest BCUT2D eigenvalue weighted by Crippen LogP contribution is 2.25. The van der Waals surface area contributed by atoms with Crippen molar-refractivity contribution in [2.45, 2.75) is 78.0 Å². The number of likely N-dealkylation sites (tertiary alicyclic amines) is 2. The lowest BCUT2D eigenvalue weighted by Crippen LogP contribution is -2.51. The van der Waals surface area contributed by atoms with Crippen LogP contribution in [0.25, 0.3) is 0 Å². The molecule has 1 N–H and O–H groups in total. The predicted molar refractivity (Wildman–Crippen MR) is 128 cm³/mol. The summed E-state index contributed by atoms with van der Waals surface area (Å²) in [5, 5.41) is 3.15. The molecule has 2 fully saturated rings. The monoisotopic (exact) mass is 462 g/mol. The summed E-state index contributed by atoms with van der Waals surface area (Å²) < 4.78 is 11.3. The summed E-state index contributed by atoms with van der Waals surface area (Å²) in [6.07, 6.45) is 5.71. The van der Waals surface area contributed by atoms with E-state index in [4.69, 9.17) is 9.15 Å². The fraction of sp³-hybridized carbons (Fsp3) is 0.760. The molecular weight excluding hydrogens is 420 g/mol. The highest BCUT2D eigenvalue weighted by molar-refractivity contribution is 5.74. The van der Waals surface area contributed by atoms with Gasteiger partial charge in [-0.3, -0.25) is 4.90 Å². The number of urea groups is 1. The lowest BCUT2D eigenvalue weighted by atomic mass is 9.97. The smallest absolute Gasteiger partial charge is 0.410 e. The van der Waals surface area contributed by atoms with Gasteiger partial charge in [-0.25, -0.2) is 9.59 Å². The summed E-state index contributed by atoms with van der Waals surface area (Å²) in [7, 11) is 0. The van der Waals surface area contributed by atoms with E-state index >= 15 is 0 Å². The predicted octanol–water partition coefficient (Wildman–Crippen LogP) is 4.48. The summed E-state index contributed by atoms with van der Waals surface area (Å²) in [6.45, 7) is 14.2. The molecule has 1 aromatic heterocycles. The number of rotatable bonds is 7. The average molecular weight is 463 g/mol. The number of carbonyl (C=O) groups is 2. The normalized spacial score (nSPS) is 20.7. The van der Waals surface area contributed by atoms with Crippen LogP contribution in [0, 0.1) is 5.92 Å². The molecule has 2 aliphatic heterocycles. The van der Waals surface area contributed by atoms with Crippen molar-refractivity contribution in [3.05, 3.63) is 24.2 Å². The molecule has 3 amide bonds. The number of piperidine rings is 1. The first-order valence-electron chi connectivity index (χ1n) is 12.4. The topological polar surface area (TPSA) is 78.3 Å². The molecule has 3 rings (SSSR count). The van der Waals surface area contributed by atoms with Crippen LogP contribution >= 0.6 is 0 Å². The summed E-state index contributed by atoms with van der Waals surface area (Å²) in [5.74, 6) is 1.14. The third-order valence-electron chi connectivity index (χ3n) is 6.41. The number of carbonyl (C=O) groups excluding carboxylic acids is 2. The molecule has 0 bridgehead atoms. The first-order chi connectivity index (χ1) is 15.6. The van der Waals surface area contributed by atoms with Gasteiger partial charge in [0.1, 0.15) is 11.4 Å². The zero-order valence-electron chi connectivity index (χ0n) is 21.0. The molecule has 2 aliphatic rings. The molecule has 2 saturated heterocycles. The summed E-state index contributed by atoms with van der Waals surface area (Å²) >= 11 is 0. The maximum Gasteiger partial charge on any atom is 0.410 e. The van der Waals surface area contributed by atoms with Gasteiger partial charge in [-0.1, -0.05) is 0 Å². The van der Waals surface area contributed by atoms with Crippen LogP contribution in [0.2, 0.25) is 0 Å². The Labute approximate surface area is 198 Å². The van der Waals surface area contributed by atoms with E-state index < -0.39 is 5.60 Å². The van der Waals surface area contributed by atoms with Crippen molar-refractivity contribution in [2.75, 3.05) is 39.3 Å². The first kappa shape index (κ1) is 25.4. The van der Waals surface area contributed by atoms with Crippen LogP contribution in [0.3, 0.4) is 0 Å². The molecule has 0 saturated carbocycles. The Balaban J connectivity index is 1.55. The molecule has 0 unspecified atom stereocenters. The van der Waals surface area contributed by atoms with Crippen molar-refractivity contribution in [3.8, 4) is 0 Å². The molecule has 0 spiro atoms. The van der Waals surface area contributed by atoms with Crippen LogP contribution in [-0.4, -0.2) is 77.7 Å². The standard InChI is InChI=1S/C25H42N4O4/c1-19(2)29(24(31)33-25(3,4)5)18-20-10-8-14-28(17-20)23(30)26-16-21(22-11-9-15-32-22)27-12-6-7-13-27/h9,11,15,19-21H,6-8,10,12-14,16-18H2,1-5H3,(H,26,30)/t20-,21+/m1/s1. The third kappa shape index (κ3) is 7.39. The fourth-order valence-corrected chi connectivity index (χ4v) is 4.73. The largest absolute Gasteiger partial charge is 0.468 e.